The fourth-order valence-corrected chi connectivity index (χ4v) is 1.73. The van der Waals surface area contributed by atoms with Gasteiger partial charge in [-0.2, -0.15) is 0 Å². The number of nitrogens with zero attached hydrogens (tertiary/aromatic N) is 1. The number of aromatic nitrogens is 1. The monoisotopic (exact) mass is 287 g/mol. The number of benzene rings is 1. The van der Waals surface area contributed by atoms with Gasteiger partial charge < -0.3 is 9.47 Å². The SMILES string of the molecule is COc1c(F)cncc1-c1ccccc1OC(F)(F)F. The number of hydrogen-bond donors (Lipinski definition) is 0. The topological polar surface area (TPSA) is 31.4 Å². The molecule has 106 valence electrons. The maximum Gasteiger partial charge on any atom is 0.573 e. The molecule has 1 heterocycles. The van der Waals surface area contributed by atoms with E-state index in [2.05, 4.69) is 9.72 Å². The van der Waals surface area contributed by atoms with Gasteiger partial charge in [-0.05, 0) is 6.07 Å². The molecule has 2 rings (SSSR count). The van der Waals surface area contributed by atoms with E-state index >= 15 is 0 Å². The van der Waals surface area contributed by atoms with Gasteiger partial charge in [-0.3, -0.25) is 4.98 Å². The number of halogens is 4. The molecule has 20 heavy (non-hydrogen) atoms. The van der Waals surface area contributed by atoms with Crippen molar-refractivity contribution in [3.63, 3.8) is 0 Å². The van der Waals surface area contributed by atoms with Crippen LogP contribution in [0.3, 0.4) is 0 Å². The highest BCUT2D eigenvalue weighted by atomic mass is 19.4. The molecule has 0 fully saturated rings. The van der Waals surface area contributed by atoms with Crippen LogP contribution in [0.1, 0.15) is 0 Å². The Bertz CT molecular complexity index is 614. The van der Waals surface area contributed by atoms with E-state index in [1.807, 2.05) is 0 Å². The number of ether oxygens (including phenoxy) is 2. The van der Waals surface area contributed by atoms with Crippen LogP contribution in [-0.4, -0.2) is 18.5 Å². The van der Waals surface area contributed by atoms with Crippen LogP contribution < -0.4 is 9.47 Å². The van der Waals surface area contributed by atoms with Crippen LogP contribution in [0.5, 0.6) is 11.5 Å². The molecule has 1 aromatic carbocycles. The summed E-state index contributed by atoms with van der Waals surface area (Å²) in [6.07, 6.45) is -2.72. The molecule has 0 N–H and O–H groups in total. The van der Waals surface area contributed by atoms with Crippen molar-refractivity contribution in [1.82, 2.24) is 4.98 Å². The van der Waals surface area contributed by atoms with E-state index in [4.69, 9.17) is 4.74 Å². The average Bonchev–Trinajstić information content (AvgIpc) is 2.37. The van der Waals surface area contributed by atoms with Crippen molar-refractivity contribution < 1.29 is 27.0 Å². The van der Waals surface area contributed by atoms with Crippen molar-refractivity contribution in [2.75, 3.05) is 7.11 Å². The van der Waals surface area contributed by atoms with Crippen molar-refractivity contribution in [3.8, 4) is 22.6 Å². The maximum absolute atomic E-state index is 13.6. The number of hydrogen-bond acceptors (Lipinski definition) is 3. The standard InChI is InChI=1S/C13H9F4NO2/c1-19-12-9(6-18-7-10(12)14)8-4-2-3-5-11(8)20-13(15,16)17/h2-7H,1H3. The lowest BCUT2D eigenvalue weighted by Crippen LogP contribution is -2.17. The molecule has 0 spiro atoms. The second-order valence-electron chi connectivity index (χ2n) is 3.75. The highest BCUT2D eigenvalue weighted by molar-refractivity contribution is 5.75. The fourth-order valence-electron chi connectivity index (χ4n) is 1.73. The van der Waals surface area contributed by atoms with Gasteiger partial charge in [0, 0.05) is 17.3 Å². The number of methoxy groups -OCH3 is 1. The quantitative estimate of drug-likeness (QED) is 0.805. The number of pyridine rings is 1. The Labute approximate surface area is 111 Å². The van der Waals surface area contributed by atoms with Gasteiger partial charge in [-0.25, -0.2) is 4.39 Å². The van der Waals surface area contributed by atoms with Crippen LogP contribution in [0.2, 0.25) is 0 Å². The first-order valence-electron chi connectivity index (χ1n) is 5.45. The summed E-state index contributed by atoms with van der Waals surface area (Å²) in [5.41, 5.74) is 0.112. The summed E-state index contributed by atoms with van der Waals surface area (Å²) in [5.74, 6) is -1.42. The second kappa shape index (κ2) is 5.36. The summed E-state index contributed by atoms with van der Waals surface area (Å²) < 4.78 is 59.4. The zero-order chi connectivity index (χ0) is 14.8. The lowest BCUT2D eigenvalue weighted by atomic mass is 10.1. The predicted octanol–water partition coefficient (Wildman–Crippen LogP) is 3.79. The normalized spacial score (nSPS) is 11.2. The summed E-state index contributed by atoms with van der Waals surface area (Å²) >= 11 is 0. The molecule has 0 aliphatic carbocycles. The smallest absolute Gasteiger partial charge is 0.493 e. The van der Waals surface area contributed by atoms with E-state index in [9.17, 15) is 17.6 Å². The van der Waals surface area contributed by atoms with Gasteiger partial charge in [0.2, 0.25) is 0 Å². The largest absolute Gasteiger partial charge is 0.573 e. The van der Waals surface area contributed by atoms with Gasteiger partial charge in [0.1, 0.15) is 5.75 Å². The van der Waals surface area contributed by atoms with E-state index < -0.39 is 17.9 Å². The van der Waals surface area contributed by atoms with Crippen LogP contribution in [0.4, 0.5) is 17.6 Å². The molecular formula is C13H9F4NO2. The molecule has 0 bridgehead atoms. The molecule has 3 nitrogen and oxygen atoms in total. The molecule has 0 atom stereocenters. The van der Waals surface area contributed by atoms with Crippen molar-refractivity contribution in [2.24, 2.45) is 0 Å². The van der Waals surface area contributed by atoms with Crippen LogP contribution in [-0.2, 0) is 0 Å². The van der Waals surface area contributed by atoms with E-state index in [-0.39, 0.29) is 16.9 Å². The van der Waals surface area contributed by atoms with Gasteiger partial charge >= 0.3 is 6.36 Å². The Hall–Kier alpha value is -2.31. The Balaban J connectivity index is 2.56. The lowest BCUT2D eigenvalue weighted by molar-refractivity contribution is -0.274. The van der Waals surface area contributed by atoms with Crippen LogP contribution in [0.15, 0.2) is 36.7 Å². The van der Waals surface area contributed by atoms with Crippen molar-refractivity contribution in [1.29, 1.82) is 0 Å². The van der Waals surface area contributed by atoms with Gasteiger partial charge in [0.25, 0.3) is 0 Å². The highest BCUT2D eigenvalue weighted by Gasteiger charge is 2.32. The Morgan fingerprint density at radius 2 is 1.75 bits per heavy atom. The number of para-hydroxylation sites is 1. The molecule has 2 aromatic rings. The van der Waals surface area contributed by atoms with Gasteiger partial charge in [-0.15, -0.1) is 13.2 Å². The molecule has 7 heteroatoms. The molecule has 0 amide bonds. The summed E-state index contributed by atoms with van der Waals surface area (Å²) in [6.45, 7) is 0. The van der Waals surface area contributed by atoms with E-state index in [1.165, 1.54) is 31.5 Å². The molecule has 0 saturated heterocycles. The van der Waals surface area contributed by atoms with E-state index in [0.29, 0.717) is 0 Å². The summed E-state index contributed by atoms with van der Waals surface area (Å²) in [5, 5.41) is 0. The van der Waals surface area contributed by atoms with Gasteiger partial charge in [0.05, 0.1) is 13.3 Å². The third-order valence-electron chi connectivity index (χ3n) is 2.46. The minimum absolute atomic E-state index is 0.0358. The molecule has 0 aliphatic rings. The Kier molecular flexibility index (Phi) is 3.78. The second-order valence-corrected chi connectivity index (χ2v) is 3.75. The lowest BCUT2D eigenvalue weighted by Gasteiger charge is -2.15. The van der Waals surface area contributed by atoms with Crippen LogP contribution in [0, 0.1) is 5.82 Å². The first kappa shape index (κ1) is 14.1. The number of rotatable bonds is 3. The summed E-state index contributed by atoms with van der Waals surface area (Å²) in [7, 11) is 1.22. The van der Waals surface area contributed by atoms with Crippen molar-refractivity contribution in [2.45, 2.75) is 6.36 Å². The minimum atomic E-state index is -4.84. The van der Waals surface area contributed by atoms with Crippen molar-refractivity contribution >= 4 is 0 Å². The third kappa shape index (κ3) is 2.98. The van der Waals surface area contributed by atoms with Gasteiger partial charge in [0.15, 0.2) is 11.6 Å². The Morgan fingerprint density at radius 3 is 2.40 bits per heavy atom. The van der Waals surface area contributed by atoms with Gasteiger partial charge in [-0.1, -0.05) is 18.2 Å². The first-order chi connectivity index (χ1) is 9.42. The van der Waals surface area contributed by atoms with Crippen molar-refractivity contribution in [3.05, 3.63) is 42.5 Å². The Morgan fingerprint density at radius 1 is 1.05 bits per heavy atom. The predicted molar refractivity (Wildman–Crippen MR) is 62.9 cm³/mol. The molecule has 0 unspecified atom stereocenters. The maximum atomic E-state index is 13.6. The minimum Gasteiger partial charge on any atom is -0.493 e. The molecule has 0 radical (unpaired) electrons. The summed E-state index contributed by atoms with van der Waals surface area (Å²) in [6, 6.07) is 5.37. The number of alkyl halides is 3. The van der Waals surface area contributed by atoms with E-state index in [0.717, 1.165) is 12.3 Å². The van der Waals surface area contributed by atoms with Crippen LogP contribution >= 0.6 is 0 Å². The third-order valence-corrected chi connectivity index (χ3v) is 2.46. The molecular weight excluding hydrogens is 278 g/mol. The first-order valence-corrected chi connectivity index (χ1v) is 5.45. The highest BCUT2D eigenvalue weighted by Crippen LogP contribution is 2.38. The molecule has 0 aliphatic heterocycles. The van der Waals surface area contributed by atoms with E-state index in [1.54, 1.807) is 0 Å². The zero-order valence-corrected chi connectivity index (χ0v) is 10.2. The summed E-state index contributed by atoms with van der Waals surface area (Å²) in [4.78, 5) is 3.61. The molecule has 1 aromatic heterocycles. The zero-order valence-electron chi connectivity index (χ0n) is 10.2. The van der Waals surface area contributed by atoms with Crippen LogP contribution in [0.25, 0.3) is 11.1 Å². The fraction of sp³-hybridized carbons (Fsp3) is 0.154. The molecule has 0 saturated carbocycles. The average molecular weight is 287 g/mol.